The van der Waals surface area contributed by atoms with Crippen LogP contribution in [0.5, 0.6) is 0 Å². The minimum absolute atomic E-state index is 0.180. The third kappa shape index (κ3) is 1.35. The Hall–Kier alpha value is -1.65. The van der Waals surface area contributed by atoms with Crippen LogP contribution in [0.25, 0.3) is 0 Å². The number of imide groups is 1. The highest BCUT2D eigenvalue weighted by atomic mass is 35.5. The minimum Gasteiger partial charge on any atom is -0.362 e. The lowest BCUT2D eigenvalue weighted by atomic mass is 9.78. The number of hydrogen-bond acceptors (Lipinski definition) is 3. The first-order valence-corrected chi connectivity index (χ1v) is 6.90. The molecule has 4 nitrogen and oxygen atoms in total. The number of ether oxygens (including phenoxy) is 1. The summed E-state index contributed by atoms with van der Waals surface area (Å²) in [5.41, 5.74) is -0.0784. The lowest BCUT2D eigenvalue weighted by molar-refractivity contribution is -0.126. The van der Waals surface area contributed by atoms with Crippen LogP contribution in [0, 0.1) is 11.8 Å². The molecule has 2 saturated heterocycles. The molecule has 4 atom stereocenters. The number of carbonyl (C=O) groups excluding carboxylic acids is 2. The first-order chi connectivity index (χ1) is 9.51. The molecular formula is C15H12ClNO3. The number of fused-ring (bicyclic) bond motifs is 5. The van der Waals surface area contributed by atoms with E-state index in [2.05, 4.69) is 0 Å². The zero-order valence-corrected chi connectivity index (χ0v) is 11.5. The van der Waals surface area contributed by atoms with Crippen molar-refractivity contribution in [2.75, 3.05) is 4.90 Å². The zero-order chi connectivity index (χ0) is 14.1. The van der Waals surface area contributed by atoms with Crippen molar-refractivity contribution in [3.05, 3.63) is 41.4 Å². The number of halogens is 1. The lowest BCUT2D eigenvalue weighted by Gasteiger charge is -2.24. The highest BCUT2D eigenvalue weighted by molar-refractivity contribution is 6.31. The predicted molar refractivity (Wildman–Crippen MR) is 73.3 cm³/mol. The van der Waals surface area contributed by atoms with Crippen molar-refractivity contribution in [2.45, 2.75) is 18.6 Å². The van der Waals surface area contributed by atoms with Crippen molar-refractivity contribution in [3.63, 3.8) is 0 Å². The average Bonchev–Trinajstić information content (AvgIpc) is 3.01. The second kappa shape index (κ2) is 3.71. The van der Waals surface area contributed by atoms with Crippen molar-refractivity contribution < 1.29 is 14.3 Å². The molecular weight excluding hydrogens is 278 g/mol. The van der Waals surface area contributed by atoms with Crippen LogP contribution in [0.4, 0.5) is 5.69 Å². The van der Waals surface area contributed by atoms with Crippen LogP contribution in [-0.4, -0.2) is 23.5 Å². The van der Waals surface area contributed by atoms with Gasteiger partial charge in [0.05, 0.1) is 29.2 Å². The molecule has 4 rings (SSSR count). The Bertz CT molecular complexity index is 654. The number of carbonyl (C=O) groups is 2. The van der Waals surface area contributed by atoms with Crippen LogP contribution in [0.15, 0.2) is 36.4 Å². The third-order valence-electron chi connectivity index (χ3n) is 4.41. The van der Waals surface area contributed by atoms with Gasteiger partial charge >= 0.3 is 0 Å². The fraction of sp³-hybridized carbons (Fsp3) is 0.333. The van der Waals surface area contributed by atoms with Crippen molar-refractivity contribution in [1.82, 2.24) is 0 Å². The number of amides is 2. The van der Waals surface area contributed by atoms with Crippen LogP contribution in [0.1, 0.15) is 6.92 Å². The second-order valence-corrected chi connectivity index (χ2v) is 6.05. The maximum absolute atomic E-state index is 12.6. The van der Waals surface area contributed by atoms with Crippen LogP contribution in [-0.2, 0) is 14.3 Å². The molecule has 2 amide bonds. The number of rotatable bonds is 1. The van der Waals surface area contributed by atoms with Crippen LogP contribution < -0.4 is 4.90 Å². The van der Waals surface area contributed by atoms with Gasteiger partial charge < -0.3 is 4.74 Å². The van der Waals surface area contributed by atoms with E-state index in [9.17, 15) is 9.59 Å². The Balaban J connectivity index is 1.77. The average molecular weight is 290 g/mol. The summed E-state index contributed by atoms with van der Waals surface area (Å²) in [6.07, 6.45) is 3.51. The molecule has 0 saturated carbocycles. The normalized spacial score (nSPS) is 37.9. The Morgan fingerprint density at radius 2 is 1.90 bits per heavy atom. The van der Waals surface area contributed by atoms with E-state index in [-0.39, 0.29) is 17.9 Å². The van der Waals surface area contributed by atoms with Crippen LogP contribution in [0.2, 0.25) is 5.02 Å². The molecule has 0 radical (unpaired) electrons. The summed E-state index contributed by atoms with van der Waals surface area (Å²) < 4.78 is 5.77. The van der Waals surface area contributed by atoms with Gasteiger partial charge in [0, 0.05) is 5.02 Å². The summed E-state index contributed by atoms with van der Waals surface area (Å²) in [6, 6.07) is 6.74. The largest absolute Gasteiger partial charge is 0.362 e. The summed E-state index contributed by atoms with van der Waals surface area (Å²) in [4.78, 5) is 26.5. The number of anilines is 1. The Morgan fingerprint density at radius 1 is 1.20 bits per heavy atom. The van der Waals surface area contributed by atoms with Crippen LogP contribution >= 0.6 is 11.6 Å². The fourth-order valence-corrected chi connectivity index (χ4v) is 3.62. The number of benzene rings is 1. The van der Waals surface area contributed by atoms with Gasteiger partial charge in [-0.15, -0.1) is 0 Å². The summed E-state index contributed by atoms with van der Waals surface area (Å²) in [5.74, 6) is -1.18. The molecule has 102 valence electrons. The van der Waals surface area contributed by atoms with Gasteiger partial charge in [0.2, 0.25) is 11.8 Å². The summed E-state index contributed by atoms with van der Waals surface area (Å²) in [7, 11) is 0. The molecule has 3 heterocycles. The van der Waals surface area contributed by atoms with Gasteiger partial charge in [0.1, 0.15) is 0 Å². The van der Waals surface area contributed by atoms with E-state index in [4.69, 9.17) is 16.3 Å². The molecule has 1 aromatic rings. The Morgan fingerprint density at radius 3 is 2.55 bits per heavy atom. The molecule has 3 aliphatic heterocycles. The standard InChI is InChI=1S/C15H12ClNO3/c1-15-7-6-10(20-15)11-12(15)14(19)17(13(11)18)9-4-2-8(16)3-5-9/h2-7,10-12H,1H3. The quantitative estimate of drug-likeness (QED) is 0.588. The van der Waals surface area contributed by atoms with Gasteiger partial charge in [0.15, 0.2) is 0 Å². The monoisotopic (exact) mass is 289 g/mol. The van der Waals surface area contributed by atoms with Gasteiger partial charge in [0.25, 0.3) is 0 Å². The van der Waals surface area contributed by atoms with Gasteiger partial charge in [-0.2, -0.15) is 0 Å². The Kier molecular flexibility index (Phi) is 2.25. The second-order valence-electron chi connectivity index (χ2n) is 5.62. The molecule has 0 N–H and O–H groups in total. The van der Waals surface area contributed by atoms with Gasteiger partial charge in [-0.05, 0) is 31.2 Å². The molecule has 2 fully saturated rings. The van der Waals surface area contributed by atoms with Crippen molar-refractivity contribution in [3.8, 4) is 0 Å². The molecule has 5 heteroatoms. The maximum Gasteiger partial charge on any atom is 0.241 e. The van der Waals surface area contributed by atoms with E-state index in [0.717, 1.165) is 0 Å². The van der Waals surface area contributed by atoms with Crippen molar-refractivity contribution in [2.24, 2.45) is 11.8 Å². The van der Waals surface area contributed by atoms with Gasteiger partial charge in [-0.3, -0.25) is 9.59 Å². The van der Waals surface area contributed by atoms with Gasteiger partial charge in [-0.25, -0.2) is 4.90 Å². The van der Waals surface area contributed by atoms with E-state index >= 15 is 0 Å². The summed E-state index contributed by atoms with van der Waals surface area (Å²) in [5, 5.41) is 0.574. The van der Waals surface area contributed by atoms with E-state index in [1.807, 2.05) is 19.1 Å². The molecule has 20 heavy (non-hydrogen) atoms. The van der Waals surface area contributed by atoms with E-state index in [1.54, 1.807) is 24.3 Å². The molecule has 0 spiro atoms. The summed E-state index contributed by atoms with van der Waals surface area (Å²) in [6.45, 7) is 1.87. The topological polar surface area (TPSA) is 46.6 Å². The maximum atomic E-state index is 12.6. The molecule has 0 aliphatic carbocycles. The predicted octanol–water partition coefficient (Wildman–Crippen LogP) is 2.17. The van der Waals surface area contributed by atoms with Crippen molar-refractivity contribution >= 4 is 29.1 Å². The highest BCUT2D eigenvalue weighted by Gasteiger charge is 2.65. The van der Waals surface area contributed by atoms with E-state index in [1.165, 1.54) is 4.90 Å². The van der Waals surface area contributed by atoms with E-state index in [0.29, 0.717) is 10.7 Å². The SMILES string of the molecule is CC12C=CC(O1)C1C(=O)N(c3ccc(Cl)cc3)C(=O)C12. The lowest BCUT2D eigenvalue weighted by Crippen LogP contribution is -2.38. The fourth-order valence-electron chi connectivity index (χ4n) is 3.50. The summed E-state index contributed by atoms with van der Waals surface area (Å²) >= 11 is 5.85. The molecule has 0 aromatic heterocycles. The highest BCUT2D eigenvalue weighted by Crippen LogP contribution is 2.52. The number of nitrogens with zero attached hydrogens (tertiary/aromatic N) is 1. The molecule has 4 unspecified atom stereocenters. The molecule has 1 aromatic carbocycles. The number of hydrogen-bond donors (Lipinski definition) is 0. The Labute approximate surface area is 121 Å². The zero-order valence-electron chi connectivity index (χ0n) is 10.7. The molecule has 2 bridgehead atoms. The van der Waals surface area contributed by atoms with Crippen LogP contribution in [0.3, 0.4) is 0 Å². The minimum atomic E-state index is -0.650. The van der Waals surface area contributed by atoms with Gasteiger partial charge in [-0.1, -0.05) is 23.8 Å². The third-order valence-corrected chi connectivity index (χ3v) is 4.67. The first-order valence-electron chi connectivity index (χ1n) is 6.52. The van der Waals surface area contributed by atoms with E-state index < -0.39 is 17.4 Å². The van der Waals surface area contributed by atoms with Crippen molar-refractivity contribution in [1.29, 1.82) is 0 Å². The smallest absolute Gasteiger partial charge is 0.241 e. The first kappa shape index (κ1) is 12.1. The molecule has 3 aliphatic rings.